The zero-order valence-corrected chi connectivity index (χ0v) is 18.4. The fraction of sp³-hybridized carbons (Fsp3) is 0.217. The molecule has 0 spiro atoms. The number of nitrogens with one attached hydrogen (secondary N) is 3. The highest BCUT2D eigenvalue weighted by Crippen LogP contribution is 2.31. The average Bonchev–Trinajstić information content (AvgIpc) is 2.78. The van der Waals surface area contributed by atoms with Gasteiger partial charge in [0.25, 0.3) is 5.56 Å². The number of nitrogens with zero attached hydrogens (tertiary/aromatic N) is 1. The Bertz CT molecular complexity index is 1210. The topological polar surface area (TPSA) is 113 Å². The second kappa shape index (κ2) is 9.27. The lowest BCUT2D eigenvalue weighted by Gasteiger charge is -2.23. The van der Waals surface area contributed by atoms with Crippen LogP contribution in [0.1, 0.15) is 29.0 Å². The molecule has 1 aromatic heterocycles. The number of thioether (sulfide) groups is 1. The van der Waals surface area contributed by atoms with Crippen LogP contribution in [0.3, 0.4) is 0 Å². The highest BCUT2D eigenvalue weighted by Gasteiger charge is 2.34. The highest BCUT2D eigenvalue weighted by molar-refractivity contribution is 7.98. The van der Waals surface area contributed by atoms with Gasteiger partial charge in [-0.3, -0.25) is 14.4 Å². The molecule has 32 heavy (non-hydrogen) atoms. The van der Waals surface area contributed by atoms with Crippen LogP contribution in [0.2, 0.25) is 0 Å². The number of H-pyrrole nitrogens is 1. The number of methoxy groups -OCH3 is 1. The summed E-state index contributed by atoms with van der Waals surface area (Å²) in [6.45, 7) is 2.02. The van der Waals surface area contributed by atoms with E-state index in [1.807, 2.05) is 31.2 Å². The van der Waals surface area contributed by atoms with Gasteiger partial charge in [-0.05, 0) is 36.8 Å². The molecule has 1 aliphatic rings. The van der Waals surface area contributed by atoms with E-state index in [1.165, 1.54) is 17.3 Å². The molecule has 0 fully saturated rings. The smallest absolute Gasteiger partial charge is 0.257 e. The zero-order chi connectivity index (χ0) is 22.7. The molecule has 1 aliphatic heterocycles. The van der Waals surface area contributed by atoms with Crippen molar-refractivity contribution in [2.75, 3.05) is 17.7 Å². The quantitative estimate of drug-likeness (QED) is 0.392. The number of amides is 2. The minimum atomic E-state index is -0.937. The van der Waals surface area contributed by atoms with Gasteiger partial charge in [-0.1, -0.05) is 41.6 Å². The first-order chi connectivity index (χ1) is 15.4. The standard InChI is InChI=1S/C23H22N4O4S/c1-13-3-5-14(6-4-13)12-32-23-26-20-19(22(30)27-23)17(11-18(28)25-20)21(29)24-15-7-9-16(31-2)10-8-15/h3-10,17H,11-12H2,1-2H3,(H,24,29)(H2,25,26,27,28,30)/t17-/m1/s1. The second-order valence-corrected chi connectivity index (χ2v) is 8.39. The maximum atomic E-state index is 12.9. The number of benzene rings is 2. The lowest BCUT2D eigenvalue weighted by atomic mass is 9.92. The van der Waals surface area contributed by atoms with E-state index in [2.05, 4.69) is 20.6 Å². The number of carbonyl (C=O) groups excluding carboxylic acids is 2. The van der Waals surface area contributed by atoms with Gasteiger partial charge in [-0.2, -0.15) is 0 Å². The predicted molar refractivity (Wildman–Crippen MR) is 123 cm³/mol. The molecule has 0 saturated carbocycles. The molecule has 4 rings (SSSR count). The van der Waals surface area contributed by atoms with Crippen molar-refractivity contribution in [3.63, 3.8) is 0 Å². The molecule has 2 aromatic carbocycles. The van der Waals surface area contributed by atoms with Crippen LogP contribution in [0.25, 0.3) is 0 Å². The Morgan fingerprint density at radius 1 is 1.16 bits per heavy atom. The summed E-state index contributed by atoms with van der Waals surface area (Å²) in [5.41, 5.74) is 2.52. The summed E-state index contributed by atoms with van der Waals surface area (Å²) in [5, 5.41) is 5.77. The molecule has 164 valence electrons. The zero-order valence-electron chi connectivity index (χ0n) is 17.6. The first-order valence-electron chi connectivity index (χ1n) is 10.0. The molecule has 0 unspecified atom stereocenters. The molecule has 0 aliphatic carbocycles. The summed E-state index contributed by atoms with van der Waals surface area (Å²) >= 11 is 1.35. The van der Waals surface area contributed by atoms with Gasteiger partial charge in [-0.15, -0.1) is 0 Å². The minimum Gasteiger partial charge on any atom is -0.497 e. The van der Waals surface area contributed by atoms with E-state index >= 15 is 0 Å². The lowest BCUT2D eigenvalue weighted by Crippen LogP contribution is -2.36. The van der Waals surface area contributed by atoms with Crippen LogP contribution in [-0.2, 0) is 15.3 Å². The van der Waals surface area contributed by atoms with Crippen molar-refractivity contribution >= 4 is 35.1 Å². The number of carbonyl (C=O) groups is 2. The van der Waals surface area contributed by atoms with Crippen molar-refractivity contribution in [2.24, 2.45) is 0 Å². The summed E-state index contributed by atoms with van der Waals surface area (Å²) < 4.78 is 5.11. The number of anilines is 2. The number of aryl methyl sites for hydroxylation is 1. The third-order valence-corrected chi connectivity index (χ3v) is 6.04. The number of hydrogen-bond acceptors (Lipinski definition) is 6. The minimum absolute atomic E-state index is 0.129. The van der Waals surface area contributed by atoms with Crippen molar-refractivity contribution in [1.82, 2.24) is 9.97 Å². The number of ether oxygens (including phenoxy) is 1. The number of aromatic nitrogens is 2. The van der Waals surface area contributed by atoms with E-state index in [0.29, 0.717) is 22.3 Å². The van der Waals surface area contributed by atoms with Crippen LogP contribution < -0.4 is 20.9 Å². The first-order valence-corrected chi connectivity index (χ1v) is 11.0. The molecular formula is C23H22N4O4S. The summed E-state index contributed by atoms with van der Waals surface area (Å²) in [6.07, 6.45) is -0.129. The van der Waals surface area contributed by atoms with E-state index in [4.69, 9.17) is 4.74 Å². The monoisotopic (exact) mass is 450 g/mol. The molecule has 0 saturated heterocycles. The van der Waals surface area contributed by atoms with Crippen LogP contribution in [0.4, 0.5) is 11.5 Å². The van der Waals surface area contributed by atoms with Gasteiger partial charge in [0.1, 0.15) is 11.6 Å². The van der Waals surface area contributed by atoms with Gasteiger partial charge in [0, 0.05) is 17.9 Å². The van der Waals surface area contributed by atoms with Crippen LogP contribution in [0, 0.1) is 6.92 Å². The average molecular weight is 451 g/mol. The third kappa shape index (κ3) is 4.83. The number of aromatic amines is 1. The van der Waals surface area contributed by atoms with Crippen molar-refractivity contribution in [1.29, 1.82) is 0 Å². The van der Waals surface area contributed by atoms with Gasteiger partial charge in [0.15, 0.2) is 5.16 Å². The lowest BCUT2D eigenvalue weighted by molar-refractivity contribution is -0.123. The Morgan fingerprint density at radius 2 is 1.88 bits per heavy atom. The van der Waals surface area contributed by atoms with Gasteiger partial charge < -0.3 is 20.4 Å². The normalized spacial score (nSPS) is 14.9. The molecule has 0 bridgehead atoms. The Kier molecular flexibility index (Phi) is 6.27. The second-order valence-electron chi connectivity index (χ2n) is 7.43. The number of hydrogen-bond donors (Lipinski definition) is 3. The van der Waals surface area contributed by atoms with Gasteiger partial charge in [0.2, 0.25) is 11.8 Å². The summed E-state index contributed by atoms with van der Waals surface area (Å²) in [6, 6.07) is 14.9. The molecule has 0 radical (unpaired) electrons. The van der Waals surface area contributed by atoms with Crippen LogP contribution in [-0.4, -0.2) is 28.9 Å². The summed E-state index contributed by atoms with van der Waals surface area (Å²) in [4.78, 5) is 45.1. The Balaban J connectivity index is 1.54. The Labute approximate surface area is 188 Å². The molecule has 3 N–H and O–H groups in total. The van der Waals surface area contributed by atoms with E-state index in [9.17, 15) is 14.4 Å². The molecule has 9 heteroatoms. The van der Waals surface area contributed by atoms with Gasteiger partial charge in [-0.25, -0.2) is 4.98 Å². The molecule has 2 heterocycles. The highest BCUT2D eigenvalue weighted by atomic mass is 32.2. The Morgan fingerprint density at radius 3 is 2.56 bits per heavy atom. The van der Waals surface area contributed by atoms with Crippen molar-refractivity contribution in [2.45, 2.75) is 30.2 Å². The largest absolute Gasteiger partial charge is 0.497 e. The van der Waals surface area contributed by atoms with Gasteiger partial charge >= 0.3 is 0 Å². The van der Waals surface area contributed by atoms with E-state index in [0.717, 1.165) is 5.56 Å². The van der Waals surface area contributed by atoms with E-state index in [-0.39, 0.29) is 23.7 Å². The van der Waals surface area contributed by atoms with Crippen LogP contribution in [0.5, 0.6) is 5.75 Å². The van der Waals surface area contributed by atoms with Gasteiger partial charge in [0.05, 0.1) is 18.6 Å². The maximum Gasteiger partial charge on any atom is 0.257 e. The molecule has 2 amide bonds. The molecule has 3 aromatic rings. The summed E-state index contributed by atoms with van der Waals surface area (Å²) in [5.74, 6) is -0.350. The molecule has 8 nitrogen and oxygen atoms in total. The van der Waals surface area contributed by atoms with E-state index < -0.39 is 17.4 Å². The van der Waals surface area contributed by atoms with E-state index in [1.54, 1.807) is 31.4 Å². The molecular weight excluding hydrogens is 428 g/mol. The Hall–Kier alpha value is -3.59. The fourth-order valence-electron chi connectivity index (χ4n) is 3.38. The van der Waals surface area contributed by atoms with Crippen LogP contribution in [0.15, 0.2) is 58.5 Å². The first kappa shape index (κ1) is 21.6. The third-order valence-electron chi connectivity index (χ3n) is 5.10. The van der Waals surface area contributed by atoms with Crippen molar-refractivity contribution in [3.8, 4) is 5.75 Å². The van der Waals surface area contributed by atoms with Crippen molar-refractivity contribution < 1.29 is 14.3 Å². The number of fused-ring (bicyclic) bond motifs is 1. The maximum absolute atomic E-state index is 12.9. The van der Waals surface area contributed by atoms with Crippen molar-refractivity contribution in [3.05, 3.63) is 75.6 Å². The SMILES string of the molecule is COc1ccc(NC(=O)[C@@H]2CC(=O)Nc3nc(SCc4ccc(C)cc4)[nH]c(=O)c32)cc1. The fourth-order valence-corrected chi connectivity index (χ4v) is 4.20. The number of rotatable bonds is 6. The molecule has 1 atom stereocenters. The van der Waals surface area contributed by atoms with Crippen LogP contribution >= 0.6 is 11.8 Å². The summed E-state index contributed by atoms with van der Waals surface area (Å²) in [7, 11) is 1.55. The predicted octanol–water partition coefficient (Wildman–Crippen LogP) is 3.44.